The summed E-state index contributed by atoms with van der Waals surface area (Å²) in [5.74, 6) is 1.23. The van der Waals surface area contributed by atoms with Gasteiger partial charge < -0.3 is 0 Å². The summed E-state index contributed by atoms with van der Waals surface area (Å²) in [6.07, 6.45) is 13.3. The van der Waals surface area contributed by atoms with Gasteiger partial charge in [-0.25, -0.2) is 0 Å². The second kappa shape index (κ2) is 12.4. The lowest BCUT2D eigenvalue weighted by molar-refractivity contribution is 0.109. The maximum absolute atomic E-state index is 11.7. The van der Waals surface area contributed by atoms with E-state index in [2.05, 4.69) is 27.7 Å². The van der Waals surface area contributed by atoms with E-state index in [1.54, 1.807) is 11.3 Å². The van der Waals surface area contributed by atoms with Crippen LogP contribution < -0.4 is 0 Å². The van der Waals surface area contributed by atoms with Crippen molar-refractivity contribution in [2.75, 3.05) is 0 Å². The Morgan fingerprint density at radius 1 is 0.760 bits per heavy atom. The minimum Gasteiger partial charge on any atom is -0.298 e. The predicted molar refractivity (Wildman–Crippen MR) is 109 cm³/mol. The van der Waals surface area contributed by atoms with Crippen LogP contribution in [-0.4, -0.2) is 12.6 Å². The van der Waals surface area contributed by atoms with E-state index >= 15 is 0 Å². The second-order valence-corrected chi connectivity index (χ2v) is 8.44. The normalized spacial score (nSPS) is 13.6. The molecule has 3 heteroatoms. The van der Waals surface area contributed by atoms with Crippen molar-refractivity contribution < 1.29 is 9.59 Å². The molecular formula is C22H36O2S. The van der Waals surface area contributed by atoms with Crippen molar-refractivity contribution in [3.05, 3.63) is 20.9 Å². The summed E-state index contributed by atoms with van der Waals surface area (Å²) in [6, 6.07) is 0. The van der Waals surface area contributed by atoms with E-state index in [-0.39, 0.29) is 0 Å². The second-order valence-electron chi connectivity index (χ2n) is 7.25. The van der Waals surface area contributed by atoms with Crippen molar-refractivity contribution in [2.24, 2.45) is 11.8 Å². The predicted octanol–water partition coefficient (Wildman–Crippen LogP) is 6.89. The summed E-state index contributed by atoms with van der Waals surface area (Å²) >= 11 is 1.73. The molecule has 0 fully saturated rings. The fraction of sp³-hybridized carbons (Fsp3) is 0.727. The Morgan fingerprint density at radius 2 is 1.16 bits per heavy atom. The highest BCUT2D eigenvalue weighted by atomic mass is 32.1. The number of carbonyl (C=O) groups excluding carboxylic acids is 2. The Balaban J connectivity index is 3.00. The molecule has 1 heterocycles. The molecule has 1 aromatic heterocycles. The molecule has 0 amide bonds. The van der Waals surface area contributed by atoms with Gasteiger partial charge >= 0.3 is 0 Å². The van der Waals surface area contributed by atoms with Crippen LogP contribution in [0.5, 0.6) is 0 Å². The molecule has 0 spiro atoms. The summed E-state index contributed by atoms with van der Waals surface area (Å²) in [6.45, 7) is 8.90. The summed E-state index contributed by atoms with van der Waals surface area (Å²) in [5.41, 5.74) is 1.35. The highest BCUT2D eigenvalue weighted by Crippen LogP contribution is 2.33. The zero-order valence-electron chi connectivity index (χ0n) is 16.6. The SMILES string of the molecule is CCCCC(CC)Cc1sc(CC(CC)CCCC)c(C=O)c1C=O. The summed E-state index contributed by atoms with van der Waals surface area (Å²) in [7, 11) is 0. The van der Waals surface area contributed by atoms with Gasteiger partial charge in [0.2, 0.25) is 0 Å². The van der Waals surface area contributed by atoms with Gasteiger partial charge in [0.25, 0.3) is 0 Å². The van der Waals surface area contributed by atoms with E-state index in [0.29, 0.717) is 23.0 Å². The van der Waals surface area contributed by atoms with Crippen molar-refractivity contribution in [3.63, 3.8) is 0 Å². The Labute approximate surface area is 158 Å². The molecule has 0 saturated carbocycles. The fourth-order valence-corrected chi connectivity index (χ4v) is 5.00. The quantitative estimate of drug-likeness (QED) is 0.337. The summed E-state index contributed by atoms with van der Waals surface area (Å²) < 4.78 is 0. The third-order valence-corrected chi connectivity index (χ3v) is 6.67. The zero-order chi connectivity index (χ0) is 18.7. The molecule has 2 nitrogen and oxygen atoms in total. The molecule has 25 heavy (non-hydrogen) atoms. The van der Waals surface area contributed by atoms with Crippen molar-refractivity contribution >= 4 is 23.9 Å². The topological polar surface area (TPSA) is 34.1 Å². The lowest BCUT2D eigenvalue weighted by atomic mass is 9.92. The molecule has 0 aromatic carbocycles. The molecule has 0 aliphatic carbocycles. The van der Waals surface area contributed by atoms with Crippen molar-refractivity contribution in [1.82, 2.24) is 0 Å². The van der Waals surface area contributed by atoms with Gasteiger partial charge in [-0.2, -0.15) is 0 Å². The van der Waals surface area contributed by atoms with Crippen molar-refractivity contribution in [3.8, 4) is 0 Å². The largest absolute Gasteiger partial charge is 0.298 e. The first-order valence-electron chi connectivity index (χ1n) is 10.2. The smallest absolute Gasteiger partial charge is 0.151 e. The zero-order valence-corrected chi connectivity index (χ0v) is 17.4. The Kier molecular flexibility index (Phi) is 11.0. The maximum atomic E-state index is 11.7. The lowest BCUT2D eigenvalue weighted by Crippen LogP contribution is -2.05. The van der Waals surface area contributed by atoms with Crippen molar-refractivity contribution in [2.45, 2.75) is 91.9 Å². The van der Waals surface area contributed by atoms with E-state index < -0.39 is 0 Å². The number of thiophene rings is 1. The Bertz CT molecular complexity index is 474. The van der Waals surface area contributed by atoms with Gasteiger partial charge in [0.05, 0.1) is 0 Å². The number of hydrogen-bond acceptors (Lipinski definition) is 3. The van der Waals surface area contributed by atoms with Crippen LogP contribution >= 0.6 is 11.3 Å². The van der Waals surface area contributed by atoms with Crippen LogP contribution in [0, 0.1) is 11.8 Å². The molecule has 2 atom stereocenters. The van der Waals surface area contributed by atoms with Gasteiger partial charge in [0.15, 0.2) is 12.6 Å². The van der Waals surface area contributed by atoms with E-state index in [9.17, 15) is 9.59 Å². The van der Waals surface area contributed by atoms with Gasteiger partial charge in [0.1, 0.15) is 0 Å². The number of hydrogen-bond donors (Lipinski definition) is 0. The van der Waals surface area contributed by atoms with Crippen LogP contribution in [0.2, 0.25) is 0 Å². The average molecular weight is 365 g/mol. The van der Waals surface area contributed by atoms with Gasteiger partial charge in [-0.15, -0.1) is 11.3 Å². The van der Waals surface area contributed by atoms with E-state index in [1.807, 2.05) is 0 Å². The standard InChI is InChI=1S/C22H36O2S/c1-5-9-11-17(7-3)13-21-19(15-23)20(16-24)22(25-21)14-18(8-4)12-10-6-2/h15-18H,5-14H2,1-4H3. The summed E-state index contributed by atoms with van der Waals surface area (Å²) in [4.78, 5) is 25.6. The monoisotopic (exact) mass is 364 g/mol. The molecule has 0 aliphatic rings. The number of aldehydes is 2. The third kappa shape index (κ3) is 6.69. The van der Waals surface area contributed by atoms with Gasteiger partial charge in [-0.3, -0.25) is 9.59 Å². The van der Waals surface area contributed by atoms with Gasteiger partial charge in [-0.05, 0) is 24.7 Å². The molecular weight excluding hydrogens is 328 g/mol. The number of carbonyl (C=O) groups is 2. The first kappa shape index (κ1) is 22.1. The van der Waals surface area contributed by atoms with E-state index in [0.717, 1.165) is 48.0 Å². The maximum Gasteiger partial charge on any atom is 0.151 e. The van der Waals surface area contributed by atoms with Crippen LogP contribution in [0.25, 0.3) is 0 Å². The summed E-state index contributed by atoms with van der Waals surface area (Å²) in [5, 5.41) is 0. The highest BCUT2D eigenvalue weighted by Gasteiger charge is 2.21. The first-order chi connectivity index (χ1) is 12.1. The molecule has 0 aliphatic heterocycles. The lowest BCUT2D eigenvalue weighted by Gasteiger charge is -2.14. The number of unbranched alkanes of at least 4 members (excludes halogenated alkanes) is 2. The molecule has 1 rings (SSSR count). The minimum atomic E-state index is 0.617. The highest BCUT2D eigenvalue weighted by molar-refractivity contribution is 7.12. The van der Waals surface area contributed by atoms with Gasteiger partial charge in [-0.1, -0.05) is 79.1 Å². The molecule has 0 saturated heterocycles. The van der Waals surface area contributed by atoms with Crippen molar-refractivity contribution in [1.29, 1.82) is 0 Å². The molecule has 142 valence electrons. The first-order valence-corrected chi connectivity index (χ1v) is 11.0. The van der Waals surface area contributed by atoms with Crippen LogP contribution in [-0.2, 0) is 12.8 Å². The minimum absolute atomic E-state index is 0.617. The molecule has 2 unspecified atom stereocenters. The molecule has 0 N–H and O–H groups in total. The van der Waals surface area contributed by atoms with E-state index in [1.165, 1.54) is 38.5 Å². The van der Waals surface area contributed by atoms with Crippen LogP contribution in [0.3, 0.4) is 0 Å². The number of rotatable bonds is 14. The van der Waals surface area contributed by atoms with Crippen LogP contribution in [0.1, 0.15) is 110 Å². The Morgan fingerprint density at radius 3 is 1.44 bits per heavy atom. The van der Waals surface area contributed by atoms with Gasteiger partial charge in [0, 0.05) is 20.9 Å². The third-order valence-electron chi connectivity index (χ3n) is 5.41. The molecule has 0 bridgehead atoms. The molecule has 1 aromatic rings. The van der Waals surface area contributed by atoms with E-state index in [4.69, 9.17) is 0 Å². The fourth-order valence-electron chi connectivity index (χ4n) is 3.53. The molecule has 0 radical (unpaired) electrons. The average Bonchev–Trinajstić information content (AvgIpc) is 2.97. The Hall–Kier alpha value is -0.960. The van der Waals surface area contributed by atoms with Crippen LogP contribution in [0.4, 0.5) is 0 Å². The van der Waals surface area contributed by atoms with Crippen LogP contribution in [0.15, 0.2) is 0 Å².